The Morgan fingerprint density at radius 2 is 1.96 bits per heavy atom. The van der Waals surface area contributed by atoms with Gasteiger partial charge in [-0.15, -0.1) is 0 Å². The number of fused-ring (bicyclic) bond motifs is 4. The highest BCUT2D eigenvalue weighted by Gasteiger charge is 2.49. The van der Waals surface area contributed by atoms with E-state index in [0.717, 1.165) is 78.1 Å². The molecule has 6 heterocycles. The molecule has 2 saturated heterocycles. The highest BCUT2D eigenvalue weighted by molar-refractivity contribution is 5.98. The number of benzene rings is 2. The number of phenolic OH excluding ortho intramolecular Hbond substituents is 1. The average Bonchev–Trinajstić information content (AvgIpc) is 3.64. The number of alkyl halides is 1. The fraction of sp³-hybridized carbons (Fsp3) is 0.500. The lowest BCUT2D eigenvalue weighted by Crippen LogP contribution is -2.43. The fourth-order valence-corrected chi connectivity index (χ4v) is 8.30. The molecule has 2 atom stereocenters. The first-order valence-corrected chi connectivity index (χ1v) is 16.5. The lowest BCUT2D eigenvalue weighted by atomic mass is 9.95. The molecule has 0 aliphatic carbocycles. The molecule has 8 rings (SSSR count). The molecule has 10 nitrogen and oxygen atoms in total. The van der Waals surface area contributed by atoms with E-state index >= 15 is 4.39 Å². The van der Waals surface area contributed by atoms with Gasteiger partial charge in [-0.1, -0.05) is 13.0 Å². The number of aromatic hydroxyl groups is 1. The van der Waals surface area contributed by atoms with E-state index in [1.165, 1.54) is 6.07 Å². The van der Waals surface area contributed by atoms with Crippen LogP contribution in [-0.4, -0.2) is 74.3 Å². The zero-order chi connectivity index (χ0) is 31.6. The topological polar surface area (TPSA) is 109 Å². The van der Waals surface area contributed by atoms with Gasteiger partial charge in [0.2, 0.25) is 0 Å². The largest absolute Gasteiger partial charge is 0.508 e. The van der Waals surface area contributed by atoms with E-state index in [2.05, 4.69) is 19.8 Å². The van der Waals surface area contributed by atoms with Gasteiger partial charge in [-0.25, -0.2) is 8.78 Å². The van der Waals surface area contributed by atoms with Crippen LogP contribution < -0.4 is 20.3 Å². The summed E-state index contributed by atoms with van der Waals surface area (Å²) < 4.78 is 38.0. The van der Waals surface area contributed by atoms with Crippen LogP contribution in [0.3, 0.4) is 0 Å². The predicted molar refractivity (Wildman–Crippen MR) is 173 cm³/mol. The minimum atomic E-state index is -0.846. The molecule has 3 N–H and O–H groups in total. The Balaban J connectivity index is 1.18. The van der Waals surface area contributed by atoms with E-state index in [9.17, 15) is 9.50 Å². The molecular formula is C34H40F2N8O2. The van der Waals surface area contributed by atoms with Crippen LogP contribution in [0.25, 0.3) is 10.8 Å². The summed E-state index contributed by atoms with van der Waals surface area (Å²) in [7, 11) is 0. The minimum absolute atomic E-state index is 0.137. The number of aryl methyl sites for hydroxylation is 2. The maximum absolute atomic E-state index is 15.0. The Hall–Kier alpha value is -4.19. The zero-order valence-electron chi connectivity index (χ0n) is 26.2. The molecule has 4 aliphatic rings. The van der Waals surface area contributed by atoms with Crippen molar-refractivity contribution in [2.45, 2.75) is 76.8 Å². The number of aromatic nitrogens is 4. The van der Waals surface area contributed by atoms with Gasteiger partial charge in [0, 0.05) is 61.4 Å². The van der Waals surface area contributed by atoms with Crippen molar-refractivity contribution in [2.75, 3.05) is 48.3 Å². The van der Waals surface area contributed by atoms with E-state index in [4.69, 9.17) is 20.4 Å². The standard InChI is InChI=1S/C34H40F2N8O2/c1-2-25-27(36)6-5-21-13-24(45)15-29(31(21)25)41-12-7-26-28(19-41)38-33(46-20-34-8-3-10-43(34)17-22(35)16-34)39-32(26)42-9-4-11-44-23(18-42)14-30(37)40-44/h5-6,13-15,22,45H,2-4,7-12,16-20H2,1H3,(H2,37,40)/t22-,34+/m1/s1. The SMILES string of the molecule is CCc1c(F)ccc2cc(O)cc(N3CCc4c(nc(OC[C@@]56CCCN5C[C@H](F)C6)nc4N4CCCn5nc(N)cc5C4)C3)c12. The first kappa shape index (κ1) is 29.2. The van der Waals surface area contributed by atoms with Gasteiger partial charge in [-0.3, -0.25) is 9.58 Å². The molecule has 0 spiro atoms. The second kappa shape index (κ2) is 11.3. The summed E-state index contributed by atoms with van der Waals surface area (Å²) >= 11 is 0. The number of rotatable bonds is 6. The van der Waals surface area contributed by atoms with E-state index in [-0.39, 0.29) is 23.1 Å². The van der Waals surface area contributed by atoms with Crippen LogP contribution >= 0.6 is 0 Å². The molecular weight excluding hydrogens is 590 g/mol. The average molecular weight is 631 g/mol. The fourth-order valence-electron chi connectivity index (χ4n) is 8.30. The van der Waals surface area contributed by atoms with Crippen molar-refractivity contribution in [2.24, 2.45) is 0 Å². The predicted octanol–water partition coefficient (Wildman–Crippen LogP) is 4.74. The first-order chi connectivity index (χ1) is 22.3. The summed E-state index contributed by atoms with van der Waals surface area (Å²) in [5.41, 5.74) is 10.1. The quantitative estimate of drug-likeness (QED) is 0.312. The molecule has 12 heteroatoms. The number of hydrogen-bond donors (Lipinski definition) is 2. The van der Waals surface area contributed by atoms with Crippen LogP contribution in [0.15, 0.2) is 30.3 Å². The molecule has 4 aliphatic heterocycles. The van der Waals surface area contributed by atoms with E-state index in [0.29, 0.717) is 63.4 Å². The third-order valence-electron chi connectivity index (χ3n) is 10.4. The number of nitrogens with zero attached hydrogens (tertiary/aromatic N) is 7. The van der Waals surface area contributed by atoms with Crippen molar-refractivity contribution < 1.29 is 18.6 Å². The summed E-state index contributed by atoms with van der Waals surface area (Å²) in [5, 5.41) is 16.8. The van der Waals surface area contributed by atoms with Gasteiger partial charge in [0.25, 0.3) is 0 Å². The van der Waals surface area contributed by atoms with Crippen molar-refractivity contribution in [1.29, 1.82) is 0 Å². The zero-order valence-corrected chi connectivity index (χ0v) is 26.2. The summed E-state index contributed by atoms with van der Waals surface area (Å²) in [5.74, 6) is 1.23. The number of nitrogen functional groups attached to an aromatic ring is 1. The minimum Gasteiger partial charge on any atom is -0.508 e. The molecule has 46 heavy (non-hydrogen) atoms. The Morgan fingerprint density at radius 1 is 1.07 bits per heavy atom. The van der Waals surface area contributed by atoms with Crippen molar-refractivity contribution in [3.63, 3.8) is 0 Å². The van der Waals surface area contributed by atoms with Crippen LogP contribution in [0.5, 0.6) is 11.8 Å². The van der Waals surface area contributed by atoms with Gasteiger partial charge in [-0.05, 0) is 61.7 Å². The van der Waals surface area contributed by atoms with Crippen LogP contribution in [0.4, 0.5) is 26.1 Å². The summed E-state index contributed by atoms with van der Waals surface area (Å²) in [6.45, 7) is 6.89. The van der Waals surface area contributed by atoms with Crippen LogP contribution in [0.1, 0.15) is 55.1 Å². The number of halogens is 2. The third-order valence-corrected chi connectivity index (χ3v) is 10.4. The molecule has 242 valence electrons. The van der Waals surface area contributed by atoms with Crippen LogP contribution in [-0.2, 0) is 32.5 Å². The number of nitrogens with two attached hydrogens (primary N) is 1. The van der Waals surface area contributed by atoms with E-state index < -0.39 is 6.17 Å². The number of hydrogen-bond acceptors (Lipinski definition) is 9. The Labute approximate surface area is 266 Å². The Bertz CT molecular complexity index is 1810. The van der Waals surface area contributed by atoms with Gasteiger partial charge >= 0.3 is 6.01 Å². The molecule has 0 unspecified atom stereocenters. The van der Waals surface area contributed by atoms with E-state index in [1.807, 2.05) is 17.7 Å². The van der Waals surface area contributed by atoms with Crippen LogP contribution in [0.2, 0.25) is 0 Å². The van der Waals surface area contributed by atoms with Gasteiger partial charge < -0.3 is 25.4 Å². The molecule has 0 amide bonds. The summed E-state index contributed by atoms with van der Waals surface area (Å²) in [4.78, 5) is 16.7. The highest BCUT2D eigenvalue weighted by atomic mass is 19.1. The van der Waals surface area contributed by atoms with Crippen LogP contribution in [0, 0.1) is 5.82 Å². The molecule has 4 aromatic rings. The molecule has 0 saturated carbocycles. The lowest BCUT2D eigenvalue weighted by molar-refractivity contribution is 0.107. The second-order valence-electron chi connectivity index (χ2n) is 13.3. The summed E-state index contributed by atoms with van der Waals surface area (Å²) in [6.07, 6.45) is 3.63. The Kier molecular flexibility index (Phi) is 7.15. The van der Waals surface area contributed by atoms with Gasteiger partial charge in [0.1, 0.15) is 36.0 Å². The van der Waals surface area contributed by atoms with E-state index in [1.54, 1.807) is 18.2 Å². The second-order valence-corrected chi connectivity index (χ2v) is 13.3. The molecule has 0 bridgehead atoms. The first-order valence-electron chi connectivity index (χ1n) is 16.5. The number of ether oxygens (including phenoxy) is 1. The summed E-state index contributed by atoms with van der Waals surface area (Å²) in [6, 6.07) is 8.83. The molecule has 0 radical (unpaired) electrons. The van der Waals surface area contributed by atoms with Gasteiger partial charge in [-0.2, -0.15) is 15.1 Å². The number of phenols is 1. The Morgan fingerprint density at radius 3 is 2.83 bits per heavy atom. The molecule has 2 fully saturated rings. The van der Waals surface area contributed by atoms with Gasteiger partial charge in [0.15, 0.2) is 0 Å². The van der Waals surface area contributed by atoms with Crippen molar-refractivity contribution >= 4 is 28.1 Å². The highest BCUT2D eigenvalue weighted by Crippen LogP contribution is 2.42. The van der Waals surface area contributed by atoms with Crippen molar-refractivity contribution in [3.05, 3.63) is 58.7 Å². The lowest BCUT2D eigenvalue weighted by Gasteiger charge is -2.35. The maximum atomic E-state index is 15.0. The number of anilines is 3. The molecule has 2 aromatic heterocycles. The van der Waals surface area contributed by atoms with Gasteiger partial charge in [0.05, 0.1) is 30.0 Å². The third kappa shape index (κ3) is 4.97. The van der Waals surface area contributed by atoms with Crippen molar-refractivity contribution in [3.8, 4) is 11.8 Å². The smallest absolute Gasteiger partial charge is 0.318 e. The molecule has 2 aromatic carbocycles. The van der Waals surface area contributed by atoms with Crippen molar-refractivity contribution in [1.82, 2.24) is 24.6 Å². The normalized spacial score (nSPS) is 23.0. The monoisotopic (exact) mass is 630 g/mol. The maximum Gasteiger partial charge on any atom is 0.318 e.